The third-order valence-electron chi connectivity index (χ3n) is 2.38. The molecule has 0 aliphatic heterocycles. The lowest BCUT2D eigenvalue weighted by Gasteiger charge is -2.04. The van der Waals surface area contributed by atoms with Crippen molar-refractivity contribution in [2.75, 3.05) is 12.9 Å². The summed E-state index contributed by atoms with van der Waals surface area (Å²) in [5.74, 6) is -0.500. The molecule has 0 bridgehead atoms. The molecule has 0 amide bonds. The van der Waals surface area contributed by atoms with E-state index in [0.29, 0.717) is 12.3 Å². The van der Waals surface area contributed by atoms with Crippen LogP contribution in [0.2, 0.25) is 0 Å². The van der Waals surface area contributed by atoms with Crippen molar-refractivity contribution in [3.63, 3.8) is 0 Å². The smallest absolute Gasteiger partial charge is 0.360 e. The van der Waals surface area contributed by atoms with Gasteiger partial charge >= 0.3 is 5.97 Å². The highest BCUT2D eigenvalue weighted by Gasteiger charge is 2.12. The van der Waals surface area contributed by atoms with Gasteiger partial charge in [0.2, 0.25) is 0 Å². The summed E-state index contributed by atoms with van der Waals surface area (Å²) in [5, 5.41) is 8.02. The van der Waals surface area contributed by atoms with Gasteiger partial charge in [0.15, 0.2) is 10.6 Å². The van der Waals surface area contributed by atoms with Crippen LogP contribution in [0.25, 0.3) is 5.69 Å². The van der Waals surface area contributed by atoms with Gasteiger partial charge in [-0.25, -0.2) is 4.79 Å². The average molecular weight is 279 g/mol. The Morgan fingerprint density at radius 2 is 2.11 bits per heavy atom. The topological polar surface area (TPSA) is 80.1 Å². The van der Waals surface area contributed by atoms with E-state index in [9.17, 15) is 9.35 Å². The van der Waals surface area contributed by atoms with Crippen molar-refractivity contribution in [2.45, 2.75) is 11.8 Å². The minimum atomic E-state index is -1.02. The molecule has 0 saturated carbocycles. The maximum atomic E-state index is 11.5. The Morgan fingerprint density at radius 1 is 1.42 bits per heavy atom. The van der Waals surface area contributed by atoms with Crippen LogP contribution in [0.3, 0.4) is 0 Å². The van der Waals surface area contributed by atoms with E-state index >= 15 is 0 Å². The van der Waals surface area contributed by atoms with Crippen LogP contribution in [0.15, 0.2) is 35.4 Å². The summed E-state index contributed by atoms with van der Waals surface area (Å²) in [7, 11) is 0. The average Bonchev–Trinajstić information content (AvgIpc) is 2.89. The quantitative estimate of drug-likeness (QED) is 0.620. The molecule has 0 aliphatic rings. The molecule has 0 fully saturated rings. The third-order valence-corrected chi connectivity index (χ3v) is 3.31. The minimum absolute atomic E-state index is 0.157. The highest BCUT2D eigenvalue weighted by Crippen LogP contribution is 2.12. The van der Waals surface area contributed by atoms with Crippen molar-refractivity contribution >= 4 is 17.1 Å². The second kappa shape index (κ2) is 5.85. The van der Waals surface area contributed by atoms with Crippen LogP contribution >= 0.6 is 0 Å². The van der Waals surface area contributed by atoms with Gasteiger partial charge in [0, 0.05) is 0 Å². The Morgan fingerprint density at radius 3 is 2.68 bits per heavy atom. The Balaban J connectivity index is 2.20. The van der Waals surface area contributed by atoms with Crippen molar-refractivity contribution in [3.8, 4) is 5.69 Å². The molecular formula is C12H13N3O3S. The molecule has 2 rings (SSSR count). The lowest BCUT2D eigenvalue weighted by atomic mass is 10.3. The summed E-state index contributed by atoms with van der Waals surface area (Å²) in [6.45, 7) is 2.02. The molecule has 1 unspecified atom stereocenters. The van der Waals surface area contributed by atoms with E-state index in [-0.39, 0.29) is 5.69 Å². The maximum absolute atomic E-state index is 11.5. The van der Waals surface area contributed by atoms with Gasteiger partial charge in [-0.1, -0.05) is 0 Å². The second-order valence-corrected chi connectivity index (χ2v) is 5.07. The van der Waals surface area contributed by atoms with Crippen LogP contribution in [-0.4, -0.2) is 38.4 Å². The molecule has 1 atom stereocenters. The number of nitrogens with zero attached hydrogens (tertiary/aromatic N) is 3. The fourth-order valence-corrected chi connectivity index (χ4v) is 1.98. The minimum Gasteiger partial charge on any atom is -0.612 e. The van der Waals surface area contributed by atoms with Gasteiger partial charge in [0.05, 0.1) is 18.5 Å². The number of benzene rings is 1. The Kier molecular flexibility index (Phi) is 4.18. The molecule has 0 aliphatic carbocycles. The van der Waals surface area contributed by atoms with Gasteiger partial charge < -0.3 is 9.29 Å². The number of hydrogen-bond acceptors (Lipinski definition) is 5. The van der Waals surface area contributed by atoms with E-state index in [1.807, 2.05) is 0 Å². The number of carbonyl (C=O) groups is 1. The number of hydrogen-bond donors (Lipinski definition) is 0. The fourth-order valence-electron chi connectivity index (χ4n) is 1.46. The Hall–Kier alpha value is -1.86. The first-order valence-corrected chi connectivity index (χ1v) is 7.21. The highest BCUT2D eigenvalue weighted by atomic mass is 32.2. The van der Waals surface area contributed by atoms with Gasteiger partial charge in [0.1, 0.15) is 6.26 Å². The lowest BCUT2D eigenvalue weighted by molar-refractivity contribution is 0.0519. The molecule has 19 heavy (non-hydrogen) atoms. The molecule has 0 N–H and O–H groups in total. The zero-order valence-corrected chi connectivity index (χ0v) is 11.4. The number of ether oxygens (including phenoxy) is 1. The van der Waals surface area contributed by atoms with Crippen molar-refractivity contribution in [1.29, 1.82) is 0 Å². The van der Waals surface area contributed by atoms with Crippen LogP contribution in [0, 0.1) is 0 Å². The van der Waals surface area contributed by atoms with E-state index in [4.69, 9.17) is 4.74 Å². The molecule has 2 aromatic rings. The summed E-state index contributed by atoms with van der Waals surface area (Å²) in [6, 6.07) is 6.95. The molecule has 1 heterocycles. The van der Waals surface area contributed by atoms with Gasteiger partial charge in [-0.3, -0.25) is 0 Å². The van der Waals surface area contributed by atoms with Crippen molar-refractivity contribution in [3.05, 3.63) is 36.2 Å². The van der Waals surface area contributed by atoms with Crippen LogP contribution in [0.4, 0.5) is 0 Å². The van der Waals surface area contributed by atoms with E-state index < -0.39 is 17.1 Å². The van der Waals surface area contributed by atoms with Crippen LogP contribution < -0.4 is 0 Å². The van der Waals surface area contributed by atoms with Crippen LogP contribution in [0.1, 0.15) is 17.4 Å². The Labute approximate surface area is 113 Å². The molecule has 0 saturated heterocycles. The monoisotopic (exact) mass is 279 g/mol. The molecule has 1 aromatic heterocycles. The zero-order valence-electron chi connectivity index (χ0n) is 10.6. The first kappa shape index (κ1) is 13.6. The lowest BCUT2D eigenvalue weighted by Crippen LogP contribution is -2.07. The molecule has 0 radical (unpaired) electrons. The van der Waals surface area contributed by atoms with E-state index in [1.54, 1.807) is 37.4 Å². The predicted molar refractivity (Wildman–Crippen MR) is 69.6 cm³/mol. The molecule has 100 valence electrons. The van der Waals surface area contributed by atoms with Crippen molar-refractivity contribution in [2.24, 2.45) is 0 Å². The third kappa shape index (κ3) is 3.12. The van der Waals surface area contributed by atoms with E-state index in [1.165, 1.54) is 11.0 Å². The summed E-state index contributed by atoms with van der Waals surface area (Å²) in [5.41, 5.74) is 0.842. The Bertz CT molecular complexity index is 566. The first-order chi connectivity index (χ1) is 9.11. The highest BCUT2D eigenvalue weighted by molar-refractivity contribution is 7.90. The molecule has 6 nitrogen and oxygen atoms in total. The van der Waals surface area contributed by atoms with Gasteiger partial charge in [0.25, 0.3) is 0 Å². The second-order valence-electron chi connectivity index (χ2n) is 3.69. The summed E-state index contributed by atoms with van der Waals surface area (Å²) in [6.07, 6.45) is 2.96. The largest absolute Gasteiger partial charge is 0.612 e. The van der Waals surface area contributed by atoms with Gasteiger partial charge in [-0.05, 0) is 42.4 Å². The number of esters is 1. The molecule has 1 aromatic carbocycles. The van der Waals surface area contributed by atoms with Crippen molar-refractivity contribution in [1.82, 2.24) is 15.0 Å². The maximum Gasteiger partial charge on any atom is 0.360 e. The zero-order chi connectivity index (χ0) is 13.8. The van der Waals surface area contributed by atoms with E-state index in [2.05, 4.69) is 10.2 Å². The number of aromatic nitrogens is 3. The molecule has 0 spiro atoms. The molecular weight excluding hydrogens is 266 g/mol. The summed E-state index contributed by atoms with van der Waals surface area (Å²) < 4.78 is 16.1. The fraction of sp³-hybridized carbons (Fsp3) is 0.250. The number of carbonyl (C=O) groups excluding carboxylic acids is 1. The number of rotatable bonds is 4. The van der Waals surface area contributed by atoms with Gasteiger partial charge in [-0.2, -0.15) is 9.90 Å². The van der Waals surface area contributed by atoms with Crippen LogP contribution in [0.5, 0.6) is 0 Å². The van der Waals surface area contributed by atoms with Gasteiger partial charge in [-0.15, -0.1) is 5.10 Å². The van der Waals surface area contributed by atoms with Crippen LogP contribution in [-0.2, 0) is 15.9 Å². The summed E-state index contributed by atoms with van der Waals surface area (Å²) in [4.78, 5) is 13.5. The van der Waals surface area contributed by atoms with E-state index in [0.717, 1.165) is 4.90 Å². The standard InChI is InChI=1S/C12H13N3O3S/c1-3-18-12(16)11-8-13-15(14-11)9-4-6-10(7-5-9)19(2)17/h4-8H,3H2,1-2H3. The SMILES string of the molecule is CCOC(=O)c1cnn(-c2ccc([S+](C)[O-])cc2)n1. The molecule has 7 heteroatoms. The summed E-state index contributed by atoms with van der Waals surface area (Å²) >= 11 is -1.02. The predicted octanol–water partition coefficient (Wildman–Crippen LogP) is 1.18. The first-order valence-electron chi connectivity index (χ1n) is 5.65. The van der Waals surface area contributed by atoms with Crippen molar-refractivity contribution < 1.29 is 14.1 Å². The normalized spacial score (nSPS) is 12.2.